The molecule has 0 aromatic heterocycles. The van der Waals surface area contributed by atoms with Crippen molar-refractivity contribution in [2.75, 3.05) is 12.3 Å². The van der Waals surface area contributed by atoms with Crippen LogP contribution >= 0.6 is 12.6 Å². The van der Waals surface area contributed by atoms with Gasteiger partial charge in [-0.15, -0.1) is 0 Å². The highest BCUT2D eigenvalue weighted by molar-refractivity contribution is 7.80. The highest BCUT2D eigenvalue weighted by Crippen LogP contribution is 2.07. The minimum absolute atomic E-state index is 0.0750. The molecule has 0 saturated heterocycles. The molecule has 190 valence electrons. The van der Waals surface area contributed by atoms with Gasteiger partial charge in [-0.05, 0) is 38.3 Å². The molecule has 0 aliphatic heterocycles. The Kier molecular flexibility index (Phi) is 13.2. The Morgan fingerprint density at radius 2 is 1.56 bits per heavy atom. The van der Waals surface area contributed by atoms with Crippen molar-refractivity contribution >= 4 is 36.3 Å². The summed E-state index contributed by atoms with van der Waals surface area (Å²) in [5.41, 5.74) is 12.0. The summed E-state index contributed by atoms with van der Waals surface area (Å²) in [4.78, 5) is 49.7. The number of carbonyl (C=O) groups excluding carboxylic acids is 3. The van der Waals surface area contributed by atoms with Gasteiger partial charge in [-0.1, -0.05) is 30.3 Å². The summed E-state index contributed by atoms with van der Waals surface area (Å²) in [7, 11) is 0. The molecule has 1 rings (SSSR count). The zero-order valence-electron chi connectivity index (χ0n) is 19.1. The first-order chi connectivity index (χ1) is 16.1. The summed E-state index contributed by atoms with van der Waals surface area (Å²) in [6.45, 7) is 1.61. The Morgan fingerprint density at radius 3 is 2.09 bits per heavy atom. The van der Waals surface area contributed by atoms with E-state index in [-0.39, 0.29) is 18.6 Å². The molecule has 3 amide bonds. The number of carboxylic acids is 1. The number of aliphatic hydroxyl groups excluding tert-OH is 1. The number of rotatable bonds is 15. The van der Waals surface area contributed by atoms with Gasteiger partial charge in [0.1, 0.15) is 12.1 Å². The first-order valence-corrected chi connectivity index (χ1v) is 11.7. The molecule has 0 saturated carbocycles. The largest absolute Gasteiger partial charge is 0.480 e. The Hall–Kier alpha value is -2.67. The topological polar surface area (TPSA) is 197 Å². The SMILES string of the molecule is CC(O)C(NC(=O)C(CCCCN)NC(=O)C(Cc1ccccc1)NC(=O)C(N)CS)C(=O)O. The van der Waals surface area contributed by atoms with E-state index in [1.54, 1.807) is 24.3 Å². The van der Waals surface area contributed by atoms with Gasteiger partial charge in [0.2, 0.25) is 17.7 Å². The van der Waals surface area contributed by atoms with Crippen LogP contribution in [0.3, 0.4) is 0 Å². The fourth-order valence-corrected chi connectivity index (χ4v) is 3.26. The lowest BCUT2D eigenvalue weighted by Crippen LogP contribution is -2.58. The first-order valence-electron chi connectivity index (χ1n) is 11.0. The molecule has 9 N–H and O–H groups in total. The third kappa shape index (κ3) is 10.1. The van der Waals surface area contributed by atoms with Gasteiger partial charge in [0.15, 0.2) is 6.04 Å². The Morgan fingerprint density at radius 1 is 0.971 bits per heavy atom. The molecule has 1 aromatic carbocycles. The van der Waals surface area contributed by atoms with Gasteiger partial charge in [0.25, 0.3) is 0 Å². The van der Waals surface area contributed by atoms with Gasteiger partial charge < -0.3 is 37.6 Å². The van der Waals surface area contributed by atoms with E-state index in [1.165, 1.54) is 6.92 Å². The average Bonchev–Trinajstić information content (AvgIpc) is 2.80. The van der Waals surface area contributed by atoms with Crippen molar-refractivity contribution in [3.05, 3.63) is 35.9 Å². The first kappa shape index (κ1) is 29.4. The van der Waals surface area contributed by atoms with Gasteiger partial charge in [0, 0.05) is 12.2 Å². The van der Waals surface area contributed by atoms with Crippen LogP contribution in [-0.4, -0.2) is 76.5 Å². The normalized spacial score (nSPS) is 15.3. The van der Waals surface area contributed by atoms with Gasteiger partial charge in [0.05, 0.1) is 12.1 Å². The standard InChI is InChI=1S/C22H35N5O6S/c1-13(28)18(22(32)33)27-20(30)16(9-5-6-10-23)25-21(31)17(26-19(29)15(24)12-34)11-14-7-3-2-4-8-14/h2-4,7-8,13,15-18,28,34H,5-6,9-12,23-24H2,1H3,(H,25,31)(H,26,29)(H,27,30)(H,32,33). The molecular formula is C22H35N5O6S. The summed E-state index contributed by atoms with van der Waals surface area (Å²) in [5, 5.41) is 26.4. The smallest absolute Gasteiger partial charge is 0.328 e. The minimum atomic E-state index is -1.55. The number of nitrogens with one attached hydrogen (secondary N) is 3. The van der Waals surface area contributed by atoms with E-state index >= 15 is 0 Å². The van der Waals surface area contributed by atoms with Gasteiger partial charge in [-0.25, -0.2) is 4.79 Å². The molecular weight excluding hydrogens is 462 g/mol. The van der Waals surface area contributed by atoms with Crippen molar-refractivity contribution in [2.45, 2.75) is 62.9 Å². The number of hydrogen-bond donors (Lipinski definition) is 8. The van der Waals surface area contributed by atoms with Gasteiger partial charge in [-0.3, -0.25) is 14.4 Å². The molecule has 34 heavy (non-hydrogen) atoms. The minimum Gasteiger partial charge on any atom is -0.480 e. The zero-order chi connectivity index (χ0) is 25.7. The fourth-order valence-electron chi connectivity index (χ4n) is 3.10. The van der Waals surface area contributed by atoms with Crippen molar-refractivity contribution in [1.82, 2.24) is 16.0 Å². The number of amides is 3. The molecule has 0 spiro atoms. The van der Waals surface area contributed by atoms with E-state index in [1.807, 2.05) is 6.07 Å². The lowest BCUT2D eigenvalue weighted by atomic mass is 10.0. The summed E-state index contributed by atoms with van der Waals surface area (Å²) in [6.07, 6.45) is 0.0410. The van der Waals surface area contributed by atoms with E-state index in [2.05, 4.69) is 28.6 Å². The monoisotopic (exact) mass is 497 g/mol. The molecule has 11 nitrogen and oxygen atoms in total. The lowest BCUT2D eigenvalue weighted by Gasteiger charge is -2.26. The van der Waals surface area contributed by atoms with E-state index in [9.17, 15) is 29.4 Å². The molecule has 0 heterocycles. The Bertz CT molecular complexity index is 810. The van der Waals surface area contributed by atoms with Crippen molar-refractivity contribution in [3.8, 4) is 0 Å². The van der Waals surface area contributed by atoms with Crippen molar-refractivity contribution in [1.29, 1.82) is 0 Å². The number of carboxylic acid groups (broad SMARTS) is 1. The van der Waals surface area contributed by atoms with Crippen molar-refractivity contribution in [2.24, 2.45) is 11.5 Å². The quantitative estimate of drug-likeness (QED) is 0.106. The maximum Gasteiger partial charge on any atom is 0.328 e. The van der Waals surface area contributed by atoms with E-state index in [4.69, 9.17) is 11.5 Å². The zero-order valence-corrected chi connectivity index (χ0v) is 20.0. The molecule has 0 fully saturated rings. The maximum atomic E-state index is 13.1. The molecule has 0 aliphatic rings. The third-order valence-corrected chi connectivity index (χ3v) is 5.47. The van der Waals surface area contributed by atoms with Crippen molar-refractivity contribution in [3.63, 3.8) is 0 Å². The summed E-state index contributed by atoms with van der Waals surface area (Å²) in [6, 6.07) is 4.34. The second kappa shape index (κ2) is 15.3. The van der Waals surface area contributed by atoms with Crippen LogP contribution in [-0.2, 0) is 25.6 Å². The number of unbranched alkanes of at least 4 members (excludes halogenated alkanes) is 1. The number of nitrogens with two attached hydrogens (primary N) is 2. The molecule has 0 radical (unpaired) electrons. The van der Waals surface area contributed by atoms with Gasteiger partial charge >= 0.3 is 5.97 Å². The van der Waals surface area contributed by atoms with Gasteiger partial charge in [-0.2, -0.15) is 12.6 Å². The predicted octanol–water partition coefficient (Wildman–Crippen LogP) is -1.46. The van der Waals surface area contributed by atoms with E-state index in [0.29, 0.717) is 19.4 Å². The number of aliphatic carboxylic acids is 1. The predicted molar refractivity (Wildman–Crippen MR) is 130 cm³/mol. The third-order valence-electron chi connectivity index (χ3n) is 5.08. The average molecular weight is 498 g/mol. The van der Waals surface area contributed by atoms with Crippen molar-refractivity contribution < 1.29 is 29.4 Å². The number of aliphatic hydroxyl groups is 1. The van der Waals surface area contributed by atoms with Crippen LogP contribution in [0.5, 0.6) is 0 Å². The fraction of sp³-hybridized carbons (Fsp3) is 0.545. The molecule has 5 unspecified atom stereocenters. The highest BCUT2D eigenvalue weighted by atomic mass is 32.1. The second-order valence-corrected chi connectivity index (χ2v) is 8.32. The van der Waals surface area contributed by atoms with Crippen LogP contribution < -0.4 is 27.4 Å². The van der Waals surface area contributed by atoms with Crippen LogP contribution in [0.4, 0.5) is 0 Å². The number of carbonyl (C=O) groups is 4. The van der Waals surface area contributed by atoms with E-state index < -0.39 is 54.0 Å². The van der Waals surface area contributed by atoms with Crippen LogP contribution in [0.15, 0.2) is 30.3 Å². The van der Waals surface area contributed by atoms with E-state index in [0.717, 1.165) is 5.56 Å². The molecule has 5 atom stereocenters. The van der Waals surface area contributed by atoms with Crippen LogP contribution in [0.25, 0.3) is 0 Å². The summed E-state index contributed by atoms with van der Waals surface area (Å²) >= 11 is 4.01. The van der Waals surface area contributed by atoms with Crippen LogP contribution in [0, 0.1) is 0 Å². The molecule has 0 aliphatic carbocycles. The Balaban J connectivity index is 3.07. The molecule has 1 aromatic rings. The second-order valence-electron chi connectivity index (χ2n) is 7.95. The number of hydrogen-bond acceptors (Lipinski definition) is 8. The highest BCUT2D eigenvalue weighted by Gasteiger charge is 2.31. The number of benzene rings is 1. The number of thiol groups is 1. The van der Waals surface area contributed by atoms with Crippen LogP contribution in [0.2, 0.25) is 0 Å². The molecule has 12 heteroatoms. The van der Waals surface area contributed by atoms with Crippen LogP contribution in [0.1, 0.15) is 31.7 Å². The summed E-state index contributed by atoms with van der Waals surface area (Å²) < 4.78 is 0. The molecule has 0 bridgehead atoms. The Labute approximate surface area is 204 Å². The maximum absolute atomic E-state index is 13.1. The lowest BCUT2D eigenvalue weighted by molar-refractivity contribution is -0.145. The summed E-state index contributed by atoms with van der Waals surface area (Å²) in [5.74, 6) is -3.32.